The van der Waals surface area contributed by atoms with Gasteiger partial charge in [-0.15, -0.1) is 0 Å². The molecule has 0 amide bonds. The van der Waals surface area contributed by atoms with Crippen molar-refractivity contribution in [2.75, 3.05) is 19.8 Å². The van der Waals surface area contributed by atoms with E-state index in [1.807, 2.05) is 0 Å². The van der Waals surface area contributed by atoms with E-state index >= 15 is 8.78 Å². The van der Waals surface area contributed by atoms with Crippen LogP contribution in [0, 0.1) is 0 Å². The van der Waals surface area contributed by atoms with Gasteiger partial charge in [-0.3, -0.25) is 9.98 Å². The van der Waals surface area contributed by atoms with Crippen molar-refractivity contribution in [1.29, 1.82) is 0 Å². The van der Waals surface area contributed by atoms with Crippen molar-refractivity contribution in [2.24, 2.45) is 10.7 Å². The van der Waals surface area contributed by atoms with Crippen molar-refractivity contribution in [1.82, 2.24) is 4.98 Å². The number of fused-ring (bicyclic) bond motifs is 2. The van der Waals surface area contributed by atoms with E-state index in [4.69, 9.17) is 26.8 Å². The number of alkyl halides is 2. The van der Waals surface area contributed by atoms with Crippen molar-refractivity contribution >= 4 is 17.4 Å². The minimum Gasteiger partial charge on any atom is -0.493 e. The molecule has 4 rings (SSSR count). The number of pyridine rings is 1. The number of nitrogens with two attached hydrogens (primary N) is 1. The molecule has 3 heterocycles. The molecule has 1 aromatic heterocycles. The highest BCUT2D eigenvalue weighted by Gasteiger charge is 2.58. The van der Waals surface area contributed by atoms with Crippen molar-refractivity contribution in [3.8, 4) is 16.9 Å². The molecule has 0 saturated carbocycles. The van der Waals surface area contributed by atoms with E-state index in [1.54, 1.807) is 30.5 Å². The third-order valence-electron chi connectivity index (χ3n) is 4.66. The SMILES string of the molecule is NC1=N[C@@]2(CCOc3ccc(-c4cncc(Cl)c4)cc32)C(F)(F)COC1. The maximum atomic E-state index is 15.1. The van der Waals surface area contributed by atoms with E-state index < -0.39 is 18.1 Å². The first-order valence-electron chi connectivity index (χ1n) is 8.09. The van der Waals surface area contributed by atoms with Crippen LogP contribution >= 0.6 is 11.6 Å². The maximum absolute atomic E-state index is 15.1. The van der Waals surface area contributed by atoms with Crippen LogP contribution in [-0.2, 0) is 10.3 Å². The number of hydrogen-bond donors (Lipinski definition) is 1. The second kappa shape index (κ2) is 6.17. The van der Waals surface area contributed by atoms with E-state index in [9.17, 15) is 0 Å². The van der Waals surface area contributed by atoms with Crippen LogP contribution in [0.4, 0.5) is 8.78 Å². The summed E-state index contributed by atoms with van der Waals surface area (Å²) in [5, 5.41) is 0.460. The van der Waals surface area contributed by atoms with Gasteiger partial charge in [0.2, 0.25) is 0 Å². The molecule has 0 unspecified atom stereocenters. The Morgan fingerprint density at radius 1 is 1.15 bits per heavy atom. The van der Waals surface area contributed by atoms with Crippen LogP contribution < -0.4 is 10.5 Å². The Kier molecular flexibility index (Phi) is 4.08. The first-order chi connectivity index (χ1) is 12.4. The molecule has 26 heavy (non-hydrogen) atoms. The molecule has 5 nitrogen and oxygen atoms in total. The Morgan fingerprint density at radius 3 is 2.81 bits per heavy atom. The Morgan fingerprint density at radius 2 is 2.00 bits per heavy atom. The molecule has 0 fully saturated rings. The molecule has 1 atom stereocenters. The number of amidine groups is 1. The fourth-order valence-electron chi connectivity index (χ4n) is 3.43. The highest BCUT2D eigenvalue weighted by atomic mass is 35.5. The van der Waals surface area contributed by atoms with Gasteiger partial charge < -0.3 is 15.2 Å². The van der Waals surface area contributed by atoms with Crippen molar-refractivity contribution in [2.45, 2.75) is 17.9 Å². The van der Waals surface area contributed by atoms with Crippen LogP contribution in [0.15, 0.2) is 41.7 Å². The summed E-state index contributed by atoms with van der Waals surface area (Å²) >= 11 is 6.00. The molecule has 2 aliphatic heterocycles. The normalized spacial score (nSPS) is 24.3. The van der Waals surface area contributed by atoms with Crippen LogP contribution in [0.2, 0.25) is 5.02 Å². The Labute approximate surface area is 153 Å². The van der Waals surface area contributed by atoms with Crippen molar-refractivity contribution in [3.63, 3.8) is 0 Å². The van der Waals surface area contributed by atoms with Crippen LogP contribution in [0.3, 0.4) is 0 Å². The smallest absolute Gasteiger partial charge is 0.299 e. The Balaban J connectivity index is 1.92. The number of hydrogen-bond acceptors (Lipinski definition) is 5. The Bertz CT molecular complexity index is 890. The molecule has 0 aliphatic carbocycles. The average Bonchev–Trinajstić information content (AvgIpc) is 2.71. The molecule has 136 valence electrons. The van der Waals surface area contributed by atoms with Gasteiger partial charge in [0.25, 0.3) is 5.92 Å². The first-order valence-corrected chi connectivity index (χ1v) is 8.47. The number of ether oxygens (including phenoxy) is 2. The number of aromatic nitrogens is 1. The highest BCUT2D eigenvalue weighted by molar-refractivity contribution is 6.30. The molecule has 2 aromatic rings. The lowest BCUT2D eigenvalue weighted by atomic mass is 9.78. The zero-order valence-electron chi connectivity index (χ0n) is 13.7. The lowest BCUT2D eigenvalue weighted by Gasteiger charge is -2.40. The van der Waals surface area contributed by atoms with Crippen LogP contribution in [0.5, 0.6) is 5.75 Å². The standard InChI is InChI=1S/C18H16ClF2N3O2/c19-13-5-12(7-23-8-13)11-1-2-15-14(6-11)17(3-4-26-15)18(20,21)10-25-9-16(22)24-17/h1-2,5-8H,3-4,9-10H2,(H2,22,24)/t17-/m1/s1. The fourth-order valence-corrected chi connectivity index (χ4v) is 3.60. The molecule has 1 spiro atoms. The summed E-state index contributed by atoms with van der Waals surface area (Å²) in [5.41, 5.74) is 5.69. The summed E-state index contributed by atoms with van der Waals surface area (Å²) in [6, 6.07) is 6.82. The van der Waals surface area contributed by atoms with Gasteiger partial charge in [-0.25, -0.2) is 8.78 Å². The third-order valence-corrected chi connectivity index (χ3v) is 4.86. The van der Waals surface area contributed by atoms with E-state index in [0.29, 0.717) is 27.5 Å². The lowest BCUT2D eigenvalue weighted by Crippen LogP contribution is -2.49. The molecular formula is C18H16ClF2N3O2. The molecule has 2 aliphatic rings. The van der Waals surface area contributed by atoms with Gasteiger partial charge >= 0.3 is 0 Å². The summed E-state index contributed by atoms with van der Waals surface area (Å²) in [7, 11) is 0. The van der Waals surface area contributed by atoms with E-state index in [2.05, 4.69) is 9.98 Å². The summed E-state index contributed by atoms with van der Waals surface area (Å²) in [6.45, 7) is -0.748. The zero-order valence-corrected chi connectivity index (χ0v) is 14.5. The molecule has 0 saturated heterocycles. The van der Waals surface area contributed by atoms with Gasteiger partial charge in [0, 0.05) is 29.9 Å². The summed E-state index contributed by atoms with van der Waals surface area (Å²) in [5.74, 6) is -2.81. The van der Waals surface area contributed by atoms with Gasteiger partial charge in [-0.1, -0.05) is 17.7 Å². The van der Waals surface area contributed by atoms with Gasteiger partial charge in [0.15, 0.2) is 5.54 Å². The molecule has 2 N–H and O–H groups in total. The maximum Gasteiger partial charge on any atom is 0.299 e. The summed E-state index contributed by atoms with van der Waals surface area (Å²) < 4.78 is 40.8. The monoisotopic (exact) mass is 379 g/mol. The van der Waals surface area contributed by atoms with E-state index in [0.717, 1.165) is 0 Å². The van der Waals surface area contributed by atoms with E-state index in [-0.39, 0.29) is 25.5 Å². The van der Waals surface area contributed by atoms with Crippen LogP contribution in [-0.4, -0.2) is 36.6 Å². The van der Waals surface area contributed by atoms with Crippen LogP contribution in [0.25, 0.3) is 11.1 Å². The lowest BCUT2D eigenvalue weighted by molar-refractivity contribution is -0.129. The minimum absolute atomic E-state index is 0.00824. The quantitative estimate of drug-likeness (QED) is 0.824. The van der Waals surface area contributed by atoms with Crippen molar-refractivity contribution < 1.29 is 18.3 Å². The average molecular weight is 380 g/mol. The third kappa shape index (κ3) is 2.71. The predicted octanol–water partition coefficient (Wildman–Crippen LogP) is 3.40. The van der Waals surface area contributed by atoms with Gasteiger partial charge in [-0.2, -0.15) is 0 Å². The number of aliphatic imine (C=N–C) groups is 1. The fraction of sp³-hybridized carbons (Fsp3) is 0.333. The predicted molar refractivity (Wildman–Crippen MR) is 93.9 cm³/mol. The molecule has 0 radical (unpaired) electrons. The largest absolute Gasteiger partial charge is 0.493 e. The summed E-state index contributed by atoms with van der Waals surface area (Å²) in [4.78, 5) is 8.26. The minimum atomic E-state index is -3.22. The highest BCUT2D eigenvalue weighted by Crippen LogP contribution is 2.51. The molecule has 0 bridgehead atoms. The Hall–Kier alpha value is -2.25. The molecule has 8 heteroatoms. The van der Waals surface area contributed by atoms with Gasteiger partial charge in [0.1, 0.15) is 24.8 Å². The molecular weight excluding hydrogens is 364 g/mol. The number of benzene rings is 1. The second-order valence-electron chi connectivity index (χ2n) is 6.36. The van der Waals surface area contributed by atoms with Gasteiger partial charge in [-0.05, 0) is 23.8 Å². The number of nitrogens with zero attached hydrogens (tertiary/aromatic N) is 2. The summed E-state index contributed by atoms with van der Waals surface area (Å²) in [6.07, 6.45) is 3.14. The first kappa shape index (κ1) is 17.2. The van der Waals surface area contributed by atoms with Crippen molar-refractivity contribution in [3.05, 3.63) is 47.2 Å². The number of halogens is 3. The zero-order chi connectivity index (χ0) is 18.4. The van der Waals surface area contributed by atoms with E-state index in [1.165, 1.54) is 6.20 Å². The topological polar surface area (TPSA) is 69.7 Å². The number of rotatable bonds is 1. The van der Waals surface area contributed by atoms with Gasteiger partial charge in [0.05, 0.1) is 11.6 Å². The molecule has 1 aromatic carbocycles. The second-order valence-corrected chi connectivity index (χ2v) is 6.80. The van der Waals surface area contributed by atoms with Crippen LogP contribution in [0.1, 0.15) is 12.0 Å².